The molecule has 0 unspecified atom stereocenters. The molecule has 2 rings (SSSR count). The molecule has 0 aromatic heterocycles. The maximum atomic E-state index is 11.5. The molecule has 1 aromatic carbocycles. The van der Waals surface area contributed by atoms with Crippen molar-refractivity contribution in [3.8, 4) is 11.5 Å². The van der Waals surface area contributed by atoms with Gasteiger partial charge in [0.05, 0.1) is 5.88 Å². The number of ketones is 2. The second kappa shape index (κ2) is 4.75. The van der Waals surface area contributed by atoms with Crippen LogP contribution in [0.15, 0.2) is 12.1 Å². The number of alkyl halides is 1. The molecule has 1 aliphatic rings. The Labute approximate surface area is 103 Å². The minimum atomic E-state index is -0.131. The number of Topliss-reactive ketones (excluding diaryl/α,β-unsaturated/α-hetero) is 2. The molecule has 90 valence electrons. The summed E-state index contributed by atoms with van der Waals surface area (Å²) in [4.78, 5) is 22.8. The predicted octanol–water partition coefficient (Wildman–Crippen LogP) is 1.97. The summed E-state index contributed by atoms with van der Waals surface area (Å²) in [6, 6.07) is 3.28. The van der Waals surface area contributed by atoms with Crippen molar-refractivity contribution in [2.45, 2.75) is 13.3 Å². The molecule has 1 aromatic rings. The molecule has 1 aliphatic heterocycles. The number of carbonyl (C=O) groups excluding carboxylic acids is 2. The van der Waals surface area contributed by atoms with Gasteiger partial charge in [-0.1, -0.05) is 0 Å². The highest BCUT2D eigenvalue weighted by Crippen LogP contribution is 2.35. The van der Waals surface area contributed by atoms with Crippen LogP contribution in [0.1, 0.15) is 22.8 Å². The van der Waals surface area contributed by atoms with Crippen LogP contribution in [0.2, 0.25) is 0 Å². The smallest absolute Gasteiger partial charge is 0.231 e. The zero-order valence-corrected chi connectivity index (χ0v) is 10.0. The summed E-state index contributed by atoms with van der Waals surface area (Å²) in [5, 5.41) is 0. The van der Waals surface area contributed by atoms with E-state index in [1.54, 1.807) is 12.1 Å². The molecule has 0 fully saturated rings. The monoisotopic (exact) mass is 254 g/mol. The van der Waals surface area contributed by atoms with E-state index in [1.807, 2.05) is 0 Å². The highest BCUT2D eigenvalue weighted by Gasteiger charge is 2.20. The average Bonchev–Trinajstić information content (AvgIpc) is 2.74. The number of fused-ring (bicyclic) bond motifs is 1. The van der Waals surface area contributed by atoms with Crippen LogP contribution in [0.5, 0.6) is 11.5 Å². The number of hydrogen-bond donors (Lipinski definition) is 0. The minimum absolute atomic E-state index is 0.0637. The number of ether oxygens (including phenoxy) is 2. The Balaban J connectivity index is 2.41. The molecule has 0 atom stereocenters. The van der Waals surface area contributed by atoms with Gasteiger partial charge >= 0.3 is 0 Å². The summed E-state index contributed by atoms with van der Waals surface area (Å²) in [5.41, 5.74) is 1.11. The van der Waals surface area contributed by atoms with Crippen LogP contribution in [0.3, 0.4) is 0 Å². The Morgan fingerprint density at radius 3 is 2.53 bits per heavy atom. The van der Waals surface area contributed by atoms with Gasteiger partial charge in [-0.2, -0.15) is 0 Å². The van der Waals surface area contributed by atoms with Crippen LogP contribution < -0.4 is 9.47 Å². The first kappa shape index (κ1) is 11.9. The Bertz CT molecular complexity index is 482. The number of carbonyl (C=O) groups is 2. The maximum Gasteiger partial charge on any atom is 0.231 e. The van der Waals surface area contributed by atoms with Gasteiger partial charge in [-0.05, 0) is 24.6 Å². The number of benzene rings is 1. The second-order valence-corrected chi connectivity index (χ2v) is 4.04. The van der Waals surface area contributed by atoms with Gasteiger partial charge in [0.15, 0.2) is 23.1 Å². The van der Waals surface area contributed by atoms with Crippen molar-refractivity contribution >= 4 is 23.2 Å². The molecule has 0 N–H and O–H groups in total. The number of rotatable bonds is 4. The first-order valence-corrected chi connectivity index (χ1v) is 5.66. The van der Waals surface area contributed by atoms with Crippen molar-refractivity contribution < 1.29 is 19.1 Å². The lowest BCUT2D eigenvalue weighted by Crippen LogP contribution is -2.08. The van der Waals surface area contributed by atoms with Gasteiger partial charge in [-0.25, -0.2) is 0 Å². The molecule has 0 radical (unpaired) electrons. The average molecular weight is 255 g/mol. The van der Waals surface area contributed by atoms with Gasteiger partial charge in [0.2, 0.25) is 6.79 Å². The lowest BCUT2D eigenvalue weighted by Gasteiger charge is -2.07. The summed E-state index contributed by atoms with van der Waals surface area (Å²) in [6.07, 6.45) is 0.134. The van der Waals surface area contributed by atoms with Gasteiger partial charge in [-0.3, -0.25) is 9.59 Å². The fourth-order valence-corrected chi connectivity index (χ4v) is 1.81. The van der Waals surface area contributed by atoms with Crippen molar-refractivity contribution in [2.24, 2.45) is 0 Å². The molecule has 0 amide bonds. The molecule has 5 heteroatoms. The molecular formula is C12H11ClO4. The third-order valence-electron chi connectivity index (χ3n) is 2.51. The molecule has 0 saturated heterocycles. The predicted molar refractivity (Wildman–Crippen MR) is 62.0 cm³/mol. The topological polar surface area (TPSA) is 52.6 Å². The highest BCUT2D eigenvalue weighted by molar-refractivity contribution is 6.27. The lowest BCUT2D eigenvalue weighted by atomic mass is 9.99. The molecule has 0 aliphatic carbocycles. The highest BCUT2D eigenvalue weighted by atomic mass is 35.5. The first-order chi connectivity index (χ1) is 8.11. The third-order valence-corrected chi connectivity index (χ3v) is 2.81. The van der Waals surface area contributed by atoms with E-state index in [2.05, 4.69) is 0 Å². The van der Waals surface area contributed by atoms with E-state index in [0.29, 0.717) is 22.6 Å². The van der Waals surface area contributed by atoms with Crippen LogP contribution in [0.4, 0.5) is 0 Å². The molecule has 0 spiro atoms. The third kappa shape index (κ3) is 2.42. The summed E-state index contributed by atoms with van der Waals surface area (Å²) in [7, 11) is 0. The zero-order valence-electron chi connectivity index (χ0n) is 9.29. The Morgan fingerprint density at radius 1 is 1.29 bits per heavy atom. The van der Waals surface area contributed by atoms with E-state index < -0.39 is 0 Å². The molecule has 17 heavy (non-hydrogen) atoms. The first-order valence-electron chi connectivity index (χ1n) is 5.13. The fourth-order valence-electron chi connectivity index (χ4n) is 1.72. The van der Waals surface area contributed by atoms with E-state index in [4.69, 9.17) is 21.1 Å². The summed E-state index contributed by atoms with van der Waals surface area (Å²) < 4.78 is 10.4. The van der Waals surface area contributed by atoms with Gasteiger partial charge in [0.25, 0.3) is 0 Å². The van der Waals surface area contributed by atoms with Gasteiger partial charge in [0, 0.05) is 12.0 Å². The molecular weight excluding hydrogens is 244 g/mol. The van der Waals surface area contributed by atoms with Crippen molar-refractivity contribution in [1.82, 2.24) is 0 Å². The second-order valence-electron chi connectivity index (χ2n) is 3.77. The number of halogens is 1. The van der Waals surface area contributed by atoms with Crippen molar-refractivity contribution in [1.29, 1.82) is 0 Å². The Hall–Kier alpha value is -1.55. The van der Waals surface area contributed by atoms with Crippen molar-refractivity contribution in [3.63, 3.8) is 0 Å². The Kier molecular flexibility index (Phi) is 3.33. The Morgan fingerprint density at radius 2 is 1.94 bits per heavy atom. The van der Waals surface area contributed by atoms with Crippen LogP contribution in [0, 0.1) is 0 Å². The fraction of sp³-hybridized carbons (Fsp3) is 0.333. The van der Waals surface area contributed by atoms with Crippen LogP contribution in [-0.2, 0) is 11.2 Å². The zero-order chi connectivity index (χ0) is 12.4. The SMILES string of the molecule is CC(=O)c1cc2c(cc1CC(=O)CCl)OCO2. The van der Waals surface area contributed by atoms with E-state index in [1.165, 1.54) is 6.92 Å². The molecule has 0 bridgehead atoms. The molecule has 1 heterocycles. The molecule has 0 saturated carbocycles. The molecule has 4 nitrogen and oxygen atoms in total. The summed E-state index contributed by atoms with van der Waals surface area (Å²) in [5.74, 6) is 0.796. The van der Waals surface area contributed by atoms with Crippen molar-refractivity contribution in [3.05, 3.63) is 23.3 Å². The summed E-state index contributed by atoms with van der Waals surface area (Å²) >= 11 is 5.46. The van der Waals surface area contributed by atoms with E-state index in [9.17, 15) is 9.59 Å². The van der Waals surface area contributed by atoms with Gasteiger partial charge < -0.3 is 9.47 Å². The van der Waals surface area contributed by atoms with Crippen LogP contribution in [0.25, 0.3) is 0 Å². The lowest BCUT2D eigenvalue weighted by molar-refractivity contribution is -0.116. The van der Waals surface area contributed by atoms with E-state index in [-0.39, 0.29) is 30.7 Å². The van der Waals surface area contributed by atoms with E-state index in [0.717, 1.165) is 0 Å². The standard InChI is InChI=1S/C12H11ClO4/c1-7(14)10-4-12-11(16-6-17-12)3-8(10)2-9(15)5-13/h3-4H,2,5-6H2,1H3. The van der Waals surface area contributed by atoms with E-state index >= 15 is 0 Å². The summed E-state index contributed by atoms with van der Waals surface area (Å²) in [6.45, 7) is 1.59. The van der Waals surface area contributed by atoms with Crippen LogP contribution in [-0.4, -0.2) is 24.2 Å². The van der Waals surface area contributed by atoms with Crippen molar-refractivity contribution in [2.75, 3.05) is 12.7 Å². The number of hydrogen-bond acceptors (Lipinski definition) is 4. The maximum absolute atomic E-state index is 11.5. The van der Waals surface area contributed by atoms with Crippen LogP contribution >= 0.6 is 11.6 Å². The van der Waals surface area contributed by atoms with Gasteiger partial charge in [-0.15, -0.1) is 11.6 Å². The quantitative estimate of drug-likeness (QED) is 0.609. The normalized spacial score (nSPS) is 12.6. The van der Waals surface area contributed by atoms with Gasteiger partial charge in [0.1, 0.15) is 0 Å². The largest absolute Gasteiger partial charge is 0.454 e. The minimum Gasteiger partial charge on any atom is -0.454 e.